The molecule has 3 aromatic rings. The predicted octanol–water partition coefficient (Wildman–Crippen LogP) is 4.48. The van der Waals surface area contributed by atoms with Gasteiger partial charge in [0.2, 0.25) is 0 Å². The van der Waals surface area contributed by atoms with E-state index in [-0.39, 0.29) is 0 Å². The van der Waals surface area contributed by atoms with E-state index >= 15 is 0 Å². The van der Waals surface area contributed by atoms with Crippen LogP contribution in [0.1, 0.15) is 10.6 Å². The number of benzene rings is 2. The fraction of sp³-hybridized carbons (Fsp3) is 0.118. The highest BCUT2D eigenvalue weighted by atomic mass is 32.1. The highest BCUT2D eigenvalue weighted by molar-refractivity contribution is 7.19. The van der Waals surface area contributed by atoms with Crippen LogP contribution in [0, 0.1) is 0 Å². The smallest absolute Gasteiger partial charge is 0.161 e. The molecule has 0 fully saturated rings. The Bertz CT molecular complexity index is 759. The van der Waals surface area contributed by atoms with E-state index in [0.29, 0.717) is 0 Å². The van der Waals surface area contributed by atoms with Crippen molar-refractivity contribution in [1.82, 2.24) is 4.98 Å². The largest absolute Gasteiger partial charge is 0.493 e. The first-order valence-corrected chi connectivity index (χ1v) is 7.37. The van der Waals surface area contributed by atoms with E-state index in [9.17, 15) is 0 Å². The highest BCUT2D eigenvalue weighted by Crippen LogP contribution is 2.29. The molecule has 0 aliphatic carbocycles. The Kier molecular flexibility index (Phi) is 3.88. The van der Waals surface area contributed by atoms with Gasteiger partial charge in [-0.2, -0.15) is 0 Å². The lowest BCUT2D eigenvalue weighted by Crippen LogP contribution is -1.90. The summed E-state index contributed by atoms with van der Waals surface area (Å²) in [5.74, 6) is 1.46. The number of para-hydroxylation sites is 1. The van der Waals surface area contributed by atoms with Gasteiger partial charge in [-0.3, -0.25) is 0 Å². The molecule has 0 spiro atoms. The van der Waals surface area contributed by atoms with Crippen LogP contribution in [0.3, 0.4) is 0 Å². The predicted molar refractivity (Wildman–Crippen MR) is 88.1 cm³/mol. The topological polar surface area (TPSA) is 31.4 Å². The van der Waals surface area contributed by atoms with Gasteiger partial charge in [0.1, 0.15) is 5.01 Å². The molecule has 0 N–H and O–H groups in total. The summed E-state index contributed by atoms with van der Waals surface area (Å²) in [5.41, 5.74) is 2.08. The van der Waals surface area contributed by atoms with Crippen LogP contribution in [0.4, 0.5) is 0 Å². The molecule has 4 heteroatoms. The Hall–Kier alpha value is -2.33. The third-order valence-electron chi connectivity index (χ3n) is 3.14. The van der Waals surface area contributed by atoms with Crippen LogP contribution in [0.25, 0.3) is 22.4 Å². The lowest BCUT2D eigenvalue weighted by Gasteiger charge is -2.07. The zero-order valence-electron chi connectivity index (χ0n) is 11.9. The van der Waals surface area contributed by atoms with Crippen molar-refractivity contribution in [3.63, 3.8) is 0 Å². The number of rotatable bonds is 4. The molecule has 0 aliphatic rings. The third kappa shape index (κ3) is 2.90. The van der Waals surface area contributed by atoms with Gasteiger partial charge in [-0.25, -0.2) is 4.98 Å². The molecule has 3 rings (SSSR count). The lowest BCUT2D eigenvalue weighted by atomic mass is 10.2. The van der Waals surface area contributed by atoms with Crippen molar-refractivity contribution in [1.29, 1.82) is 0 Å². The molecule has 0 radical (unpaired) electrons. The van der Waals surface area contributed by atoms with Crippen LogP contribution in [0.2, 0.25) is 0 Å². The Morgan fingerprint density at radius 2 is 1.76 bits per heavy atom. The number of aromatic nitrogens is 1. The van der Waals surface area contributed by atoms with Gasteiger partial charge in [-0.1, -0.05) is 24.3 Å². The quantitative estimate of drug-likeness (QED) is 0.711. The van der Waals surface area contributed by atoms with Gasteiger partial charge in [0.15, 0.2) is 11.5 Å². The van der Waals surface area contributed by atoms with Gasteiger partial charge >= 0.3 is 0 Å². The first kappa shape index (κ1) is 13.6. The minimum atomic E-state index is 0.726. The van der Waals surface area contributed by atoms with E-state index in [1.54, 1.807) is 25.6 Å². The Morgan fingerprint density at radius 3 is 2.52 bits per heavy atom. The summed E-state index contributed by atoms with van der Waals surface area (Å²) < 4.78 is 11.7. The number of hydrogen-bond donors (Lipinski definition) is 0. The average Bonchev–Trinajstić information content (AvgIpc) is 2.95. The zero-order valence-corrected chi connectivity index (χ0v) is 12.7. The second-order valence-corrected chi connectivity index (χ2v) is 5.53. The molecule has 3 nitrogen and oxygen atoms in total. The van der Waals surface area contributed by atoms with Crippen molar-refractivity contribution in [2.24, 2.45) is 0 Å². The summed E-state index contributed by atoms with van der Waals surface area (Å²) in [6.45, 7) is 0. The van der Waals surface area contributed by atoms with Crippen LogP contribution < -0.4 is 9.47 Å². The first-order valence-electron chi connectivity index (χ1n) is 6.56. The number of ether oxygens (including phenoxy) is 2. The number of hydrogen-bond acceptors (Lipinski definition) is 4. The fourth-order valence-corrected chi connectivity index (χ4v) is 2.96. The normalized spacial score (nSPS) is 11.1. The molecule has 106 valence electrons. The molecule has 0 aliphatic heterocycles. The van der Waals surface area contributed by atoms with E-state index < -0.39 is 0 Å². The van der Waals surface area contributed by atoms with E-state index in [0.717, 1.165) is 27.6 Å². The van der Waals surface area contributed by atoms with Crippen LogP contribution >= 0.6 is 11.3 Å². The van der Waals surface area contributed by atoms with Crippen LogP contribution in [-0.4, -0.2) is 19.2 Å². The highest BCUT2D eigenvalue weighted by Gasteiger charge is 2.03. The molecular formula is C17H15NO2S. The Morgan fingerprint density at radius 1 is 0.952 bits per heavy atom. The van der Waals surface area contributed by atoms with Gasteiger partial charge in [0.05, 0.1) is 24.4 Å². The van der Waals surface area contributed by atoms with Crippen molar-refractivity contribution < 1.29 is 9.47 Å². The van der Waals surface area contributed by atoms with Crippen LogP contribution in [0.15, 0.2) is 42.5 Å². The van der Waals surface area contributed by atoms with Crippen molar-refractivity contribution in [3.05, 3.63) is 53.0 Å². The summed E-state index contributed by atoms with van der Waals surface area (Å²) in [5, 5.41) is 0.992. The molecule has 0 unspecified atom stereocenters. The van der Waals surface area contributed by atoms with Crippen molar-refractivity contribution in [2.45, 2.75) is 0 Å². The van der Waals surface area contributed by atoms with E-state index in [2.05, 4.69) is 11.1 Å². The minimum Gasteiger partial charge on any atom is -0.493 e. The second-order valence-electron chi connectivity index (χ2n) is 4.47. The molecule has 1 heterocycles. The van der Waals surface area contributed by atoms with E-state index in [1.807, 2.05) is 48.6 Å². The maximum absolute atomic E-state index is 5.31. The van der Waals surface area contributed by atoms with Gasteiger partial charge < -0.3 is 9.47 Å². The summed E-state index contributed by atoms with van der Waals surface area (Å²) in [7, 11) is 3.27. The van der Waals surface area contributed by atoms with Gasteiger partial charge in [0.25, 0.3) is 0 Å². The fourth-order valence-electron chi connectivity index (χ4n) is 2.09. The number of thiazole rings is 1. The van der Waals surface area contributed by atoms with Crippen molar-refractivity contribution in [3.8, 4) is 11.5 Å². The van der Waals surface area contributed by atoms with Gasteiger partial charge in [0, 0.05) is 0 Å². The molecule has 2 aromatic carbocycles. The average molecular weight is 297 g/mol. The molecule has 0 saturated heterocycles. The lowest BCUT2D eigenvalue weighted by molar-refractivity contribution is 0.355. The van der Waals surface area contributed by atoms with Gasteiger partial charge in [-0.15, -0.1) is 11.3 Å². The number of nitrogens with zero attached hydrogens (tertiary/aromatic N) is 1. The number of methoxy groups -OCH3 is 2. The standard InChI is InChI=1S/C17H15NO2S/c1-19-14-9-7-12(11-15(14)20-2)8-10-17-18-13-5-3-4-6-16(13)21-17/h3-11H,1-2H3. The second kappa shape index (κ2) is 5.97. The Balaban J connectivity index is 1.88. The van der Waals surface area contributed by atoms with Gasteiger partial charge in [-0.05, 0) is 35.9 Å². The molecule has 1 aromatic heterocycles. The summed E-state index contributed by atoms with van der Waals surface area (Å²) >= 11 is 1.68. The van der Waals surface area contributed by atoms with E-state index in [4.69, 9.17) is 9.47 Å². The summed E-state index contributed by atoms with van der Waals surface area (Å²) in [4.78, 5) is 4.58. The molecule has 21 heavy (non-hydrogen) atoms. The molecule has 0 amide bonds. The Labute approximate surface area is 127 Å². The van der Waals surface area contributed by atoms with Crippen molar-refractivity contribution >= 4 is 33.7 Å². The maximum Gasteiger partial charge on any atom is 0.161 e. The molecule has 0 saturated carbocycles. The monoisotopic (exact) mass is 297 g/mol. The first-order chi connectivity index (χ1) is 10.3. The minimum absolute atomic E-state index is 0.726. The van der Waals surface area contributed by atoms with Crippen molar-refractivity contribution in [2.75, 3.05) is 14.2 Å². The third-order valence-corrected chi connectivity index (χ3v) is 4.14. The van der Waals surface area contributed by atoms with E-state index in [1.165, 1.54) is 4.70 Å². The SMILES string of the molecule is COc1ccc(C=Cc2nc3ccccc3s2)cc1OC. The maximum atomic E-state index is 5.31. The van der Waals surface area contributed by atoms with Crippen LogP contribution in [-0.2, 0) is 0 Å². The summed E-state index contributed by atoms with van der Waals surface area (Å²) in [6.07, 6.45) is 4.05. The number of fused-ring (bicyclic) bond motifs is 1. The van der Waals surface area contributed by atoms with Crippen LogP contribution in [0.5, 0.6) is 11.5 Å². The zero-order chi connectivity index (χ0) is 14.7. The molecule has 0 bridgehead atoms. The molecular weight excluding hydrogens is 282 g/mol. The molecule has 0 atom stereocenters. The summed E-state index contributed by atoms with van der Waals surface area (Å²) in [6, 6.07) is 14.0.